The van der Waals surface area contributed by atoms with Crippen molar-refractivity contribution in [3.8, 4) is 0 Å². The van der Waals surface area contributed by atoms with Crippen molar-refractivity contribution in [3.63, 3.8) is 0 Å². The quantitative estimate of drug-likeness (QED) is 0.224. The van der Waals surface area contributed by atoms with E-state index in [4.69, 9.17) is 0 Å². The van der Waals surface area contributed by atoms with Gasteiger partial charge in [0.15, 0.2) is 0 Å². The average Bonchev–Trinajstić information content (AvgIpc) is 2.71. The number of hydrogen-bond acceptors (Lipinski definition) is 1. The maximum atomic E-state index is 12.2. The number of carbonyl (C=O) groups excluding carboxylic acids is 1. The van der Waals surface area contributed by atoms with Crippen LogP contribution in [0.4, 0.5) is 0 Å². The van der Waals surface area contributed by atoms with Crippen LogP contribution in [0.2, 0.25) is 0 Å². The van der Waals surface area contributed by atoms with E-state index in [0.717, 1.165) is 44.9 Å². The monoisotopic (exact) mass is 426 g/mol. The Kier molecular flexibility index (Phi) is 12.4. The molecule has 1 saturated carbocycles. The number of unbranched alkanes of at least 4 members (excludes halogenated alkanes) is 1. The lowest BCUT2D eigenvalue weighted by Gasteiger charge is -2.44. The summed E-state index contributed by atoms with van der Waals surface area (Å²) in [6, 6.07) is 0. The summed E-state index contributed by atoms with van der Waals surface area (Å²) in [4.78, 5) is 12.2. The molecule has 0 amide bonds. The zero-order valence-electron chi connectivity index (χ0n) is 21.9. The molecular weight excluding hydrogens is 376 g/mol. The first-order valence-corrected chi connectivity index (χ1v) is 12.7. The molecule has 1 aliphatic rings. The van der Waals surface area contributed by atoms with Crippen LogP contribution in [-0.4, -0.2) is 5.78 Å². The predicted octanol–water partition coefficient (Wildman–Crippen LogP) is 9.55. The van der Waals surface area contributed by atoms with E-state index in [9.17, 15) is 4.79 Å². The Morgan fingerprint density at radius 3 is 1.84 bits per heavy atom. The Labute approximate surface area is 194 Å². The van der Waals surface area contributed by atoms with Gasteiger partial charge in [0.2, 0.25) is 0 Å². The number of rotatable bonds is 12. The second-order valence-electron chi connectivity index (χ2n) is 10.7. The van der Waals surface area contributed by atoms with Gasteiger partial charge in [-0.15, -0.1) is 0 Å². The van der Waals surface area contributed by atoms with Crippen molar-refractivity contribution in [1.29, 1.82) is 0 Å². The zero-order valence-corrected chi connectivity index (χ0v) is 21.9. The van der Waals surface area contributed by atoms with Crippen LogP contribution in [0.15, 0.2) is 46.6 Å². The molecule has 3 unspecified atom stereocenters. The number of hydrogen-bond donors (Lipinski definition) is 0. The Morgan fingerprint density at radius 1 is 0.806 bits per heavy atom. The molecule has 1 heteroatoms. The van der Waals surface area contributed by atoms with E-state index in [1.807, 2.05) is 0 Å². The van der Waals surface area contributed by atoms with Crippen molar-refractivity contribution in [1.82, 2.24) is 0 Å². The van der Waals surface area contributed by atoms with Crippen molar-refractivity contribution in [2.45, 2.75) is 120 Å². The van der Waals surface area contributed by atoms with Crippen molar-refractivity contribution in [2.75, 3.05) is 0 Å². The summed E-state index contributed by atoms with van der Waals surface area (Å²) in [6.45, 7) is 18.0. The lowest BCUT2D eigenvalue weighted by atomic mass is 9.59. The van der Waals surface area contributed by atoms with Crippen LogP contribution in [0, 0.1) is 17.3 Å². The molecule has 0 aromatic heterocycles. The smallest absolute Gasteiger partial charge is 0.136 e. The maximum Gasteiger partial charge on any atom is 0.136 e. The van der Waals surface area contributed by atoms with E-state index in [0.29, 0.717) is 11.7 Å². The standard InChI is InChI=1S/C30H50O/c1-23(2)13-11-16-25(4)18-12-17-24(3)14-9-10-15-26(5)21-22-30(8)27(6)19-20-29(31)28(30)7/h13-15,18,27-28H,9-12,16-17,19-22H2,1-8H3/b24-14+,25-18+,26-15+. The molecule has 0 radical (unpaired) electrons. The second kappa shape index (κ2) is 13.9. The van der Waals surface area contributed by atoms with Gasteiger partial charge in [-0.3, -0.25) is 4.79 Å². The van der Waals surface area contributed by atoms with Gasteiger partial charge in [-0.1, -0.05) is 67.4 Å². The molecule has 0 heterocycles. The summed E-state index contributed by atoms with van der Waals surface area (Å²) in [5.74, 6) is 1.32. The number of ketones is 1. The molecule has 1 rings (SSSR count). The van der Waals surface area contributed by atoms with Gasteiger partial charge in [0, 0.05) is 12.3 Å². The molecule has 0 aliphatic heterocycles. The fraction of sp³-hybridized carbons (Fsp3) is 0.700. The van der Waals surface area contributed by atoms with Crippen LogP contribution in [0.25, 0.3) is 0 Å². The molecule has 31 heavy (non-hydrogen) atoms. The number of allylic oxidation sites excluding steroid dienone is 8. The van der Waals surface area contributed by atoms with Crippen molar-refractivity contribution < 1.29 is 4.79 Å². The highest BCUT2D eigenvalue weighted by molar-refractivity contribution is 5.82. The first-order valence-electron chi connectivity index (χ1n) is 12.7. The molecule has 0 saturated heterocycles. The minimum atomic E-state index is 0.165. The Morgan fingerprint density at radius 2 is 1.29 bits per heavy atom. The van der Waals surface area contributed by atoms with E-state index >= 15 is 0 Å². The third-order valence-electron chi connectivity index (χ3n) is 7.75. The van der Waals surface area contributed by atoms with E-state index in [-0.39, 0.29) is 11.3 Å². The predicted molar refractivity (Wildman–Crippen MR) is 138 cm³/mol. The summed E-state index contributed by atoms with van der Waals surface area (Å²) in [6.07, 6.45) is 20.6. The Bertz CT molecular complexity index is 683. The van der Waals surface area contributed by atoms with Gasteiger partial charge < -0.3 is 0 Å². The topological polar surface area (TPSA) is 17.1 Å². The normalized spacial score (nSPS) is 25.7. The minimum Gasteiger partial charge on any atom is -0.299 e. The largest absolute Gasteiger partial charge is 0.299 e. The van der Waals surface area contributed by atoms with E-state index in [2.05, 4.69) is 79.7 Å². The lowest BCUT2D eigenvalue weighted by molar-refractivity contribution is -0.132. The maximum absolute atomic E-state index is 12.2. The molecule has 176 valence electrons. The van der Waals surface area contributed by atoms with Gasteiger partial charge in [-0.05, 0) is 104 Å². The molecule has 0 aromatic rings. The summed E-state index contributed by atoms with van der Waals surface area (Å²) < 4.78 is 0. The molecular formula is C30H50O. The SMILES string of the molecule is CC(C)=CCC/C(C)=C/CC/C(C)=C/CC/C=C(\C)CCC1(C)C(C)CCC(=O)C1C. The van der Waals surface area contributed by atoms with Crippen molar-refractivity contribution in [3.05, 3.63) is 46.6 Å². The molecule has 3 atom stereocenters. The second-order valence-corrected chi connectivity index (χ2v) is 10.7. The zero-order chi connectivity index (χ0) is 23.4. The van der Waals surface area contributed by atoms with Crippen molar-refractivity contribution >= 4 is 5.78 Å². The fourth-order valence-electron chi connectivity index (χ4n) is 4.73. The first-order chi connectivity index (χ1) is 14.6. The highest BCUT2D eigenvalue weighted by Crippen LogP contribution is 2.47. The van der Waals surface area contributed by atoms with Crippen LogP contribution in [0.5, 0.6) is 0 Å². The van der Waals surface area contributed by atoms with Crippen LogP contribution >= 0.6 is 0 Å². The summed E-state index contributed by atoms with van der Waals surface area (Å²) >= 11 is 0. The molecule has 0 bridgehead atoms. The minimum absolute atomic E-state index is 0.165. The average molecular weight is 427 g/mol. The van der Waals surface area contributed by atoms with Crippen LogP contribution in [0.1, 0.15) is 120 Å². The van der Waals surface area contributed by atoms with Gasteiger partial charge in [-0.25, -0.2) is 0 Å². The lowest BCUT2D eigenvalue weighted by Crippen LogP contribution is -2.41. The summed E-state index contributed by atoms with van der Waals surface area (Å²) in [5.41, 5.74) is 6.09. The molecule has 1 nitrogen and oxygen atoms in total. The third kappa shape index (κ3) is 10.2. The van der Waals surface area contributed by atoms with Crippen LogP contribution in [0.3, 0.4) is 0 Å². The summed E-state index contributed by atoms with van der Waals surface area (Å²) in [7, 11) is 0. The van der Waals surface area contributed by atoms with Gasteiger partial charge in [0.1, 0.15) is 5.78 Å². The number of carbonyl (C=O) groups is 1. The summed E-state index contributed by atoms with van der Waals surface area (Å²) in [5, 5.41) is 0. The van der Waals surface area contributed by atoms with Gasteiger partial charge in [0.05, 0.1) is 0 Å². The van der Waals surface area contributed by atoms with Crippen molar-refractivity contribution in [2.24, 2.45) is 17.3 Å². The molecule has 1 aliphatic carbocycles. The highest BCUT2D eigenvalue weighted by atomic mass is 16.1. The van der Waals surface area contributed by atoms with E-state index in [1.165, 1.54) is 41.6 Å². The Hall–Kier alpha value is -1.37. The van der Waals surface area contributed by atoms with E-state index < -0.39 is 0 Å². The van der Waals surface area contributed by atoms with Gasteiger partial charge in [0.25, 0.3) is 0 Å². The molecule has 0 aromatic carbocycles. The highest BCUT2D eigenvalue weighted by Gasteiger charge is 2.42. The fourth-order valence-corrected chi connectivity index (χ4v) is 4.73. The van der Waals surface area contributed by atoms with Crippen LogP contribution in [-0.2, 0) is 4.79 Å². The first kappa shape index (κ1) is 27.7. The van der Waals surface area contributed by atoms with Gasteiger partial charge in [-0.2, -0.15) is 0 Å². The van der Waals surface area contributed by atoms with Crippen LogP contribution < -0.4 is 0 Å². The van der Waals surface area contributed by atoms with Gasteiger partial charge >= 0.3 is 0 Å². The Balaban J connectivity index is 2.35. The number of Topliss-reactive ketones (excluding diaryl/α,β-unsaturated/α-hetero) is 1. The molecule has 0 N–H and O–H groups in total. The third-order valence-corrected chi connectivity index (χ3v) is 7.75. The molecule has 0 spiro atoms. The molecule has 1 fully saturated rings. The van der Waals surface area contributed by atoms with E-state index in [1.54, 1.807) is 0 Å².